The zero-order valence-electron chi connectivity index (χ0n) is 21.5. The number of carbonyl (C=O) groups excluding carboxylic acids is 1. The lowest BCUT2D eigenvalue weighted by Crippen LogP contribution is -2.32. The number of methoxy groups -OCH3 is 1. The van der Waals surface area contributed by atoms with Crippen LogP contribution in [0.3, 0.4) is 0 Å². The maximum absolute atomic E-state index is 14.0. The fourth-order valence-electron chi connectivity index (χ4n) is 4.51. The molecule has 0 aliphatic carbocycles. The Bertz CT molecular complexity index is 1320. The third-order valence-electron chi connectivity index (χ3n) is 6.39. The molecule has 0 saturated heterocycles. The fraction of sp³-hybridized carbons (Fsp3) is 0.429. The maximum atomic E-state index is 14.0. The Morgan fingerprint density at radius 3 is 2.58 bits per heavy atom. The molecule has 1 aliphatic rings. The van der Waals surface area contributed by atoms with Crippen LogP contribution in [-0.4, -0.2) is 56.6 Å². The van der Waals surface area contributed by atoms with E-state index in [4.69, 9.17) is 13.9 Å². The van der Waals surface area contributed by atoms with E-state index in [1.165, 1.54) is 12.1 Å². The van der Waals surface area contributed by atoms with Gasteiger partial charge in [0.2, 0.25) is 5.76 Å². The summed E-state index contributed by atoms with van der Waals surface area (Å²) in [6.07, 6.45) is 1.61. The van der Waals surface area contributed by atoms with Crippen LogP contribution in [0.1, 0.15) is 54.4 Å². The van der Waals surface area contributed by atoms with Crippen molar-refractivity contribution < 1.29 is 23.1 Å². The number of halogens is 1. The molecule has 1 amide bonds. The van der Waals surface area contributed by atoms with Crippen LogP contribution in [0.4, 0.5) is 4.39 Å². The van der Waals surface area contributed by atoms with E-state index in [-0.39, 0.29) is 28.2 Å². The predicted octanol–water partition coefficient (Wildman–Crippen LogP) is 4.86. The highest BCUT2D eigenvalue weighted by Gasteiger charge is 2.42. The fourth-order valence-corrected chi connectivity index (χ4v) is 4.51. The molecule has 3 aromatic rings. The molecule has 2 heterocycles. The summed E-state index contributed by atoms with van der Waals surface area (Å²) in [6.45, 7) is 6.00. The third-order valence-corrected chi connectivity index (χ3v) is 6.39. The average molecular weight is 497 g/mol. The minimum Gasteiger partial charge on any atom is -0.493 e. The van der Waals surface area contributed by atoms with E-state index < -0.39 is 17.3 Å². The summed E-state index contributed by atoms with van der Waals surface area (Å²) in [4.78, 5) is 30.8. The van der Waals surface area contributed by atoms with Crippen LogP contribution >= 0.6 is 0 Å². The zero-order chi connectivity index (χ0) is 26.0. The SMILES string of the molecule is COc1cc([C@H]2c3c(oc4ccc(F)cc4c3=O)C(=O)N2CCCN(C)C)ccc1OCCC(C)C. The highest BCUT2D eigenvalue weighted by Crippen LogP contribution is 2.41. The lowest BCUT2D eigenvalue weighted by atomic mass is 9.98. The molecule has 8 heteroatoms. The highest BCUT2D eigenvalue weighted by molar-refractivity contribution is 5.99. The predicted molar refractivity (Wildman–Crippen MR) is 136 cm³/mol. The summed E-state index contributed by atoms with van der Waals surface area (Å²) in [7, 11) is 5.49. The molecule has 192 valence electrons. The topological polar surface area (TPSA) is 72.2 Å². The Hall–Kier alpha value is -3.39. The van der Waals surface area contributed by atoms with Crippen LogP contribution in [-0.2, 0) is 0 Å². The van der Waals surface area contributed by atoms with Crippen LogP contribution < -0.4 is 14.9 Å². The van der Waals surface area contributed by atoms with Crippen LogP contribution in [0.15, 0.2) is 45.6 Å². The van der Waals surface area contributed by atoms with Gasteiger partial charge in [-0.2, -0.15) is 0 Å². The van der Waals surface area contributed by atoms with Crippen LogP contribution in [0.5, 0.6) is 11.5 Å². The third kappa shape index (κ3) is 5.09. The van der Waals surface area contributed by atoms with Gasteiger partial charge < -0.3 is 23.7 Å². The molecule has 0 bridgehead atoms. The second-order valence-electron chi connectivity index (χ2n) is 9.81. The van der Waals surface area contributed by atoms with Gasteiger partial charge in [0.05, 0.1) is 30.7 Å². The number of hydrogen-bond donors (Lipinski definition) is 0. The van der Waals surface area contributed by atoms with Crippen LogP contribution in [0, 0.1) is 11.7 Å². The largest absolute Gasteiger partial charge is 0.493 e. The van der Waals surface area contributed by atoms with Gasteiger partial charge in [0.1, 0.15) is 11.4 Å². The van der Waals surface area contributed by atoms with Crippen molar-refractivity contribution >= 4 is 16.9 Å². The first-order chi connectivity index (χ1) is 17.2. The second kappa shape index (κ2) is 10.7. The van der Waals surface area contributed by atoms with Crippen molar-refractivity contribution in [2.24, 2.45) is 5.92 Å². The van der Waals surface area contributed by atoms with Gasteiger partial charge in [-0.25, -0.2) is 4.39 Å². The molecular weight excluding hydrogens is 463 g/mol. The summed E-state index contributed by atoms with van der Waals surface area (Å²) < 4.78 is 31.4. The minimum absolute atomic E-state index is 0.00480. The Labute approximate surface area is 210 Å². The monoisotopic (exact) mass is 496 g/mol. The van der Waals surface area contributed by atoms with Gasteiger partial charge >= 0.3 is 0 Å². The van der Waals surface area contributed by atoms with Crippen LogP contribution in [0.25, 0.3) is 11.0 Å². The van der Waals surface area contributed by atoms with Gasteiger partial charge in [0, 0.05) is 6.54 Å². The normalized spacial score (nSPS) is 15.3. The summed E-state index contributed by atoms with van der Waals surface area (Å²) in [5.41, 5.74) is 0.700. The summed E-state index contributed by atoms with van der Waals surface area (Å²) in [6, 6.07) is 8.51. The number of hydrogen-bond acceptors (Lipinski definition) is 6. The lowest BCUT2D eigenvalue weighted by Gasteiger charge is -2.26. The summed E-state index contributed by atoms with van der Waals surface area (Å²) in [5, 5.41) is 0.113. The van der Waals surface area contributed by atoms with E-state index in [2.05, 4.69) is 13.8 Å². The first-order valence-electron chi connectivity index (χ1n) is 12.2. The highest BCUT2D eigenvalue weighted by atomic mass is 19.1. The van der Waals surface area contributed by atoms with E-state index >= 15 is 0 Å². The molecule has 0 fully saturated rings. The van der Waals surface area contributed by atoms with E-state index in [9.17, 15) is 14.0 Å². The molecule has 0 unspecified atom stereocenters. The first kappa shape index (κ1) is 25.7. The Morgan fingerprint density at radius 1 is 1.11 bits per heavy atom. The van der Waals surface area contributed by atoms with Gasteiger partial charge in [-0.05, 0) is 75.3 Å². The van der Waals surface area contributed by atoms with Crippen molar-refractivity contribution in [3.05, 3.63) is 69.3 Å². The molecule has 1 aromatic heterocycles. The van der Waals surface area contributed by atoms with Gasteiger partial charge in [-0.1, -0.05) is 19.9 Å². The van der Waals surface area contributed by atoms with Crippen molar-refractivity contribution in [2.75, 3.05) is 40.9 Å². The Morgan fingerprint density at radius 2 is 1.89 bits per heavy atom. The number of rotatable bonds is 10. The standard InChI is InChI=1S/C28H33FN2O5/c1-17(2)11-14-35-22-9-7-18(15-23(22)34-5)25-24-26(32)20-16-19(29)8-10-21(20)36-27(24)28(33)31(25)13-6-12-30(3)4/h7-10,15-17,25H,6,11-14H2,1-5H3/t25-/m0/s1. The maximum Gasteiger partial charge on any atom is 0.290 e. The van der Waals surface area contributed by atoms with E-state index in [0.717, 1.165) is 19.0 Å². The molecule has 4 rings (SSSR count). The summed E-state index contributed by atoms with van der Waals surface area (Å²) >= 11 is 0. The van der Waals surface area contributed by atoms with Crippen molar-refractivity contribution in [3.8, 4) is 11.5 Å². The quantitative estimate of drug-likeness (QED) is 0.399. The van der Waals surface area contributed by atoms with E-state index in [0.29, 0.717) is 42.6 Å². The number of amides is 1. The zero-order valence-corrected chi connectivity index (χ0v) is 21.5. The molecule has 0 saturated carbocycles. The number of nitrogens with zero attached hydrogens (tertiary/aromatic N) is 2. The lowest BCUT2D eigenvalue weighted by molar-refractivity contribution is 0.0722. The summed E-state index contributed by atoms with van der Waals surface area (Å²) in [5.74, 6) is 0.729. The van der Waals surface area contributed by atoms with E-state index in [1.54, 1.807) is 24.1 Å². The second-order valence-corrected chi connectivity index (χ2v) is 9.81. The number of carbonyl (C=O) groups is 1. The van der Waals surface area contributed by atoms with Crippen molar-refractivity contribution in [1.29, 1.82) is 0 Å². The molecule has 1 aliphatic heterocycles. The first-order valence-corrected chi connectivity index (χ1v) is 12.2. The molecule has 0 radical (unpaired) electrons. The molecule has 0 spiro atoms. The van der Waals surface area contributed by atoms with E-state index in [1.807, 2.05) is 25.1 Å². The average Bonchev–Trinajstić information content (AvgIpc) is 3.11. The van der Waals surface area contributed by atoms with Crippen LogP contribution in [0.2, 0.25) is 0 Å². The number of benzene rings is 2. The Balaban J connectivity index is 1.80. The minimum atomic E-state index is -0.683. The van der Waals surface area contributed by atoms with Crippen molar-refractivity contribution in [1.82, 2.24) is 9.80 Å². The molecule has 7 nitrogen and oxygen atoms in total. The number of ether oxygens (including phenoxy) is 2. The smallest absolute Gasteiger partial charge is 0.290 e. The molecule has 36 heavy (non-hydrogen) atoms. The molecule has 2 aromatic carbocycles. The Kier molecular flexibility index (Phi) is 7.64. The molecule has 0 N–H and O–H groups in total. The molecule has 1 atom stereocenters. The van der Waals surface area contributed by atoms with Gasteiger partial charge in [0.15, 0.2) is 16.9 Å². The van der Waals surface area contributed by atoms with Gasteiger partial charge in [-0.15, -0.1) is 0 Å². The van der Waals surface area contributed by atoms with Gasteiger partial charge in [-0.3, -0.25) is 9.59 Å². The van der Waals surface area contributed by atoms with Crippen molar-refractivity contribution in [2.45, 2.75) is 32.7 Å². The van der Waals surface area contributed by atoms with Gasteiger partial charge in [0.25, 0.3) is 5.91 Å². The van der Waals surface area contributed by atoms with Crippen molar-refractivity contribution in [3.63, 3.8) is 0 Å². The molecular formula is C28H33FN2O5. The number of fused-ring (bicyclic) bond motifs is 2.